The molecular weight excluding hydrogens is 359 g/mol. The Bertz CT molecular complexity index is 653. The average molecular weight is 372 g/mol. The van der Waals surface area contributed by atoms with Crippen molar-refractivity contribution in [2.75, 3.05) is 6.61 Å². The second-order valence-corrected chi connectivity index (χ2v) is 5.70. The van der Waals surface area contributed by atoms with E-state index in [2.05, 4.69) is 15.9 Å². The number of benzene rings is 2. The molecule has 0 spiro atoms. The van der Waals surface area contributed by atoms with E-state index < -0.39 is 5.82 Å². The Kier molecular flexibility index (Phi) is 5.37. The molecule has 0 aromatic heterocycles. The molecule has 0 aliphatic carbocycles. The number of Topliss-reactive ketones (excluding diaryl/α,β-unsaturated/α-hetero) is 1. The summed E-state index contributed by atoms with van der Waals surface area (Å²) < 4.78 is 20.0. The molecule has 2 nitrogen and oxygen atoms in total. The second-order valence-electron chi connectivity index (χ2n) is 4.37. The van der Waals surface area contributed by atoms with Gasteiger partial charge in [0, 0.05) is 21.5 Å². The lowest BCUT2D eigenvalue weighted by atomic mass is 10.0. The van der Waals surface area contributed by atoms with E-state index >= 15 is 0 Å². The van der Waals surface area contributed by atoms with Crippen molar-refractivity contribution in [1.29, 1.82) is 0 Å². The van der Waals surface area contributed by atoms with Gasteiger partial charge >= 0.3 is 0 Å². The molecule has 0 saturated heterocycles. The molecule has 0 amide bonds. The molecular formula is C16H13BrClFO2. The fourth-order valence-electron chi connectivity index (χ4n) is 1.96. The lowest BCUT2D eigenvalue weighted by Gasteiger charge is -2.11. The van der Waals surface area contributed by atoms with E-state index in [4.69, 9.17) is 16.3 Å². The third-order valence-electron chi connectivity index (χ3n) is 2.94. The van der Waals surface area contributed by atoms with Crippen LogP contribution in [0.3, 0.4) is 0 Å². The minimum absolute atomic E-state index is 0.109. The van der Waals surface area contributed by atoms with Gasteiger partial charge in [-0.2, -0.15) is 0 Å². The standard InChI is InChI=1S/C16H13BrClFO2/c1-2-21-16-7-6-10(17)8-12(16)15(20)9-11-13(18)4-3-5-14(11)19/h3-8H,2,9H2,1H3. The average Bonchev–Trinajstić information content (AvgIpc) is 2.45. The first-order chi connectivity index (χ1) is 10.0. The van der Waals surface area contributed by atoms with Crippen LogP contribution in [-0.4, -0.2) is 12.4 Å². The van der Waals surface area contributed by atoms with Crippen molar-refractivity contribution in [2.24, 2.45) is 0 Å². The first-order valence-corrected chi connectivity index (χ1v) is 7.58. The van der Waals surface area contributed by atoms with E-state index in [0.29, 0.717) is 17.9 Å². The summed E-state index contributed by atoms with van der Waals surface area (Å²) in [5.74, 6) is -0.242. The van der Waals surface area contributed by atoms with E-state index in [9.17, 15) is 9.18 Å². The summed E-state index contributed by atoms with van der Waals surface area (Å²) in [7, 11) is 0. The van der Waals surface area contributed by atoms with Crippen molar-refractivity contribution in [3.8, 4) is 5.75 Å². The second kappa shape index (κ2) is 7.05. The SMILES string of the molecule is CCOc1ccc(Br)cc1C(=O)Cc1c(F)cccc1Cl. The zero-order valence-corrected chi connectivity index (χ0v) is 13.7. The quantitative estimate of drug-likeness (QED) is 0.686. The first kappa shape index (κ1) is 16.0. The maximum atomic E-state index is 13.8. The van der Waals surface area contributed by atoms with Crippen LogP contribution in [0, 0.1) is 5.82 Å². The van der Waals surface area contributed by atoms with Crippen LogP contribution >= 0.6 is 27.5 Å². The zero-order valence-electron chi connectivity index (χ0n) is 11.3. The van der Waals surface area contributed by atoms with Gasteiger partial charge in [-0.05, 0) is 37.3 Å². The van der Waals surface area contributed by atoms with Crippen LogP contribution in [0.25, 0.3) is 0 Å². The summed E-state index contributed by atoms with van der Waals surface area (Å²) in [6.45, 7) is 2.28. The minimum atomic E-state index is -0.483. The predicted octanol–water partition coefficient (Wildman–Crippen LogP) is 5.07. The summed E-state index contributed by atoms with van der Waals surface area (Å²) in [6, 6.07) is 9.54. The van der Waals surface area contributed by atoms with Gasteiger partial charge in [0.25, 0.3) is 0 Å². The van der Waals surface area contributed by atoms with Gasteiger partial charge in [-0.15, -0.1) is 0 Å². The van der Waals surface area contributed by atoms with Crippen LogP contribution in [-0.2, 0) is 6.42 Å². The van der Waals surface area contributed by atoms with Gasteiger partial charge in [-0.3, -0.25) is 4.79 Å². The van der Waals surface area contributed by atoms with Crippen molar-refractivity contribution in [1.82, 2.24) is 0 Å². The molecule has 2 aromatic carbocycles. The maximum absolute atomic E-state index is 13.8. The van der Waals surface area contributed by atoms with Crippen molar-refractivity contribution < 1.29 is 13.9 Å². The van der Waals surface area contributed by atoms with Gasteiger partial charge in [0.05, 0.1) is 12.2 Å². The number of carbonyl (C=O) groups is 1. The molecule has 0 N–H and O–H groups in total. The Morgan fingerprint density at radius 2 is 2.10 bits per heavy atom. The van der Waals surface area contributed by atoms with E-state index in [1.165, 1.54) is 12.1 Å². The number of hydrogen-bond donors (Lipinski definition) is 0. The van der Waals surface area contributed by atoms with Crippen molar-refractivity contribution in [2.45, 2.75) is 13.3 Å². The highest BCUT2D eigenvalue weighted by Gasteiger charge is 2.17. The van der Waals surface area contributed by atoms with Crippen LogP contribution in [0.15, 0.2) is 40.9 Å². The Morgan fingerprint density at radius 3 is 2.76 bits per heavy atom. The van der Waals surface area contributed by atoms with E-state index in [0.717, 1.165) is 4.47 Å². The summed E-state index contributed by atoms with van der Waals surface area (Å²) in [5, 5.41) is 0.247. The van der Waals surface area contributed by atoms with Gasteiger partial charge in [0.1, 0.15) is 11.6 Å². The van der Waals surface area contributed by atoms with Crippen LogP contribution < -0.4 is 4.74 Å². The van der Waals surface area contributed by atoms with Gasteiger partial charge in [-0.25, -0.2) is 4.39 Å². The number of carbonyl (C=O) groups excluding carboxylic acids is 1. The third kappa shape index (κ3) is 3.83. The van der Waals surface area contributed by atoms with Crippen molar-refractivity contribution >= 4 is 33.3 Å². The summed E-state index contributed by atoms with van der Waals surface area (Å²) in [5.41, 5.74) is 0.608. The van der Waals surface area contributed by atoms with E-state index in [-0.39, 0.29) is 22.8 Å². The van der Waals surface area contributed by atoms with Gasteiger partial charge in [0.15, 0.2) is 5.78 Å². The highest BCUT2D eigenvalue weighted by Crippen LogP contribution is 2.27. The molecule has 110 valence electrons. The zero-order chi connectivity index (χ0) is 15.4. The number of ether oxygens (including phenoxy) is 1. The summed E-state index contributed by atoms with van der Waals surface area (Å²) in [4.78, 5) is 12.4. The minimum Gasteiger partial charge on any atom is -0.493 e. The molecule has 0 radical (unpaired) electrons. The molecule has 2 aromatic rings. The maximum Gasteiger partial charge on any atom is 0.171 e. The Hall–Kier alpha value is -1.39. The molecule has 0 bridgehead atoms. The summed E-state index contributed by atoms with van der Waals surface area (Å²) in [6.07, 6.45) is -0.109. The van der Waals surface area contributed by atoms with Crippen LogP contribution in [0.5, 0.6) is 5.75 Å². The fourth-order valence-corrected chi connectivity index (χ4v) is 2.55. The molecule has 21 heavy (non-hydrogen) atoms. The number of ketones is 1. The molecule has 2 rings (SSSR count). The van der Waals surface area contributed by atoms with Gasteiger partial charge in [-0.1, -0.05) is 33.6 Å². The fraction of sp³-hybridized carbons (Fsp3) is 0.188. The topological polar surface area (TPSA) is 26.3 Å². The molecule has 5 heteroatoms. The van der Waals surface area contributed by atoms with E-state index in [1.807, 2.05) is 6.92 Å². The molecule has 0 aliphatic rings. The monoisotopic (exact) mass is 370 g/mol. The largest absolute Gasteiger partial charge is 0.493 e. The Morgan fingerprint density at radius 1 is 1.33 bits per heavy atom. The molecule has 0 saturated carbocycles. The number of rotatable bonds is 5. The third-order valence-corrected chi connectivity index (χ3v) is 3.79. The van der Waals surface area contributed by atoms with Crippen LogP contribution in [0.2, 0.25) is 5.02 Å². The number of halogens is 3. The predicted molar refractivity (Wildman–Crippen MR) is 84.8 cm³/mol. The molecule has 0 heterocycles. The number of hydrogen-bond acceptors (Lipinski definition) is 2. The Balaban J connectivity index is 2.34. The highest BCUT2D eigenvalue weighted by molar-refractivity contribution is 9.10. The molecule has 0 aliphatic heterocycles. The van der Waals surface area contributed by atoms with Crippen LogP contribution in [0.1, 0.15) is 22.8 Å². The molecule has 0 unspecified atom stereocenters. The van der Waals surface area contributed by atoms with Gasteiger partial charge < -0.3 is 4.74 Å². The van der Waals surface area contributed by atoms with E-state index in [1.54, 1.807) is 24.3 Å². The summed E-state index contributed by atoms with van der Waals surface area (Å²) >= 11 is 9.28. The van der Waals surface area contributed by atoms with Crippen LogP contribution in [0.4, 0.5) is 4.39 Å². The first-order valence-electron chi connectivity index (χ1n) is 6.41. The molecule has 0 atom stereocenters. The smallest absolute Gasteiger partial charge is 0.171 e. The lowest BCUT2D eigenvalue weighted by Crippen LogP contribution is -2.08. The highest BCUT2D eigenvalue weighted by atomic mass is 79.9. The lowest BCUT2D eigenvalue weighted by molar-refractivity contribution is 0.0988. The Labute approximate surface area is 136 Å². The molecule has 0 fully saturated rings. The van der Waals surface area contributed by atoms with Gasteiger partial charge in [0.2, 0.25) is 0 Å². The van der Waals surface area contributed by atoms with Crippen molar-refractivity contribution in [3.05, 3.63) is 62.8 Å². The normalized spacial score (nSPS) is 10.5. The van der Waals surface area contributed by atoms with Crippen molar-refractivity contribution in [3.63, 3.8) is 0 Å².